The minimum Gasteiger partial charge on any atom is -0.444 e. The first-order chi connectivity index (χ1) is 12.6. The summed E-state index contributed by atoms with van der Waals surface area (Å²) in [6.45, 7) is 6.73. The zero-order valence-electron chi connectivity index (χ0n) is 16.1. The zero-order chi connectivity index (χ0) is 20.4. The van der Waals surface area contributed by atoms with Gasteiger partial charge in [0, 0.05) is 0 Å². The van der Waals surface area contributed by atoms with Gasteiger partial charge in [0.1, 0.15) is 18.2 Å². The smallest absolute Gasteiger partial charge is 0.436 e. The van der Waals surface area contributed by atoms with Gasteiger partial charge in [-0.1, -0.05) is 42.1 Å². The molecule has 1 aromatic rings. The number of carbonyl (C=O) groups excluding carboxylic acids is 3. The van der Waals surface area contributed by atoms with E-state index in [4.69, 9.17) is 9.47 Å². The lowest BCUT2D eigenvalue weighted by atomic mass is 10.2. The maximum atomic E-state index is 12.1. The second kappa shape index (κ2) is 10.6. The average Bonchev–Trinajstić information content (AvgIpc) is 2.58. The number of amidine groups is 1. The van der Waals surface area contributed by atoms with E-state index < -0.39 is 29.7 Å². The van der Waals surface area contributed by atoms with Gasteiger partial charge in [0.2, 0.25) is 5.91 Å². The Morgan fingerprint density at radius 3 is 2.37 bits per heavy atom. The molecule has 0 spiro atoms. The fourth-order valence-corrected chi connectivity index (χ4v) is 2.09. The van der Waals surface area contributed by atoms with Crippen LogP contribution < -0.4 is 10.6 Å². The highest BCUT2D eigenvalue weighted by Crippen LogP contribution is 2.07. The number of aliphatic imine (C=N–C) groups is 1. The van der Waals surface area contributed by atoms with Crippen LogP contribution in [0, 0.1) is 0 Å². The largest absolute Gasteiger partial charge is 0.444 e. The van der Waals surface area contributed by atoms with Crippen molar-refractivity contribution in [2.75, 3.05) is 6.26 Å². The van der Waals surface area contributed by atoms with Gasteiger partial charge in [-0.2, -0.15) is 4.99 Å². The van der Waals surface area contributed by atoms with Crippen LogP contribution in [0.4, 0.5) is 9.59 Å². The van der Waals surface area contributed by atoms with Crippen LogP contribution in [-0.4, -0.2) is 41.2 Å². The molecule has 0 aliphatic rings. The summed E-state index contributed by atoms with van der Waals surface area (Å²) in [6, 6.07) is 8.28. The lowest BCUT2D eigenvalue weighted by Gasteiger charge is -2.21. The zero-order valence-corrected chi connectivity index (χ0v) is 16.9. The number of hydrogen-bond acceptors (Lipinski definition) is 6. The van der Waals surface area contributed by atoms with Crippen LogP contribution in [0.25, 0.3) is 0 Å². The summed E-state index contributed by atoms with van der Waals surface area (Å²) in [6.07, 6.45) is 0.113. The van der Waals surface area contributed by atoms with Crippen LogP contribution in [-0.2, 0) is 20.9 Å². The molecule has 0 saturated carbocycles. The van der Waals surface area contributed by atoms with Crippen molar-refractivity contribution in [1.29, 1.82) is 0 Å². The van der Waals surface area contributed by atoms with Gasteiger partial charge >= 0.3 is 12.2 Å². The number of hydrogen-bond donors (Lipinski definition) is 2. The second-order valence-electron chi connectivity index (χ2n) is 6.52. The molecular weight excluding hydrogens is 370 g/mol. The molecule has 0 radical (unpaired) electrons. The molecule has 0 fully saturated rings. The molecule has 148 valence electrons. The number of thioether (sulfide) groups is 1. The maximum Gasteiger partial charge on any atom is 0.436 e. The van der Waals surface area contributed by atoms with Gasteiger partial charge < -0.3 is 20.1 Å². The van der Waals surface area contributed by atoms with E-state index in [1.165, 1.54) is 6.92 Å². The number of nitrogens with zero attached hydrogens (tertiary/aromatic N) is 1. The monoisotopic (exact) mass is 395 g/mol. The molecule has 0 saturated heterocycles. The Labute approximate surface area is 163 Å². The molecule has 0 aliphatic heterocycles. The quantitative estimate of drug-likeness (QED) is 0.599. The van der Waals surface area contributed by atoms with Crippen molar-refractivity contribution in [3.63, 3.8) is 0 Å². The van der Waals surface area contributed by atoms with Crippen molar-refractivity contribution in [3.05, 3.63) is 35.9 Å². The SMILES string of the molecule is CSC(=NC(=O)OCc1ccccc1)NC(=O)C(C)NC(=O)OC(C)(C)C. The van der Waals surface area contributed by atoms with E-state index in [0.717, 1.165) is 17.3 Å². The number of rotatable bonds is 4. The fourth-order valence-electron chi connectivity index (χ4n) is 1.72. The lowest BCUT2D eigenvalue weighted by molar-refractivity contribution is -0.121. The Kier molecular flexibility index (Phi) is 8.80. The Morgan fingerprint density at radius 1 is 1.19 bits per heavy atom. The van der Waals surface area contributed by atoms with E-state index in [-0.39, 0.29) is 11.8 Å². The van der Waals surface area contributed by atoms with E-state index in [1.54, 1.807) is 27.0 Å². The summed E-state index contributed by atoms with van der Waals surface area (Å²) >= 11 is 1.07. The third kappa shape index (κ3) is 9.64. The molecule has 1 atom stereocenters. The predicted molar refractivity (Wildman–Crippen MR) is 105 cm³/mol. The van der Waals surface area contributed by atoms with Gasteiger partial charge in [-0.25, -0.2) is 9.59 Å². The summed E-state index contributed by atoms with van der Waals surface area (Å²) < 4.78 is 10.1. The van der Waals surface area contributed by atoms with Gasteiger partial charge in [-0.3, -0.25) is 4.79 Å². The number of benzene rings is 1. The highest BCUT2D eigenvalue weighted by molar-refractivity contribution is 8.13. The summed E-state index contributed by atoms with van der Waals surface area (Å²) in [5.74, 6) is -0.537. The van der Waals surface area contributed by atoms with Crippen LogP contribution in [0.2, 0.25) is 0 Å². The summed E-state index contributed by atoms with van der Waals surface area (Å²) in [4.78, 5) is 39.4. The van der Waals surface area contributed by atoms with Crippen LogP contribution in [0.1, 0.15) is 33.3 Å². The Bertz CT molecular complexity index is 686. The molecule has 1 rings (SSSR count). The minimum absolute atomic E-state index is 0.0656. The van der Waals surface area contributed by atoms with E-state index in [2.05, 4.69) is 15.6 Å². The van der Waals surface area contributed by atoms with Crippen LogP contribution in [0.5, 0.6) is 0 Å². The summed E-state index contributed by atoms with van der Waals surface area (Å²) in [5.41, 5.74) is 0.153. The molecule has 1 aromatic carbocycles. The predicted octanol–water partition coefficient (Wildman–Crippen LogP) is 3.07. The van der Waals surface area contributed by atoms with E-state index in [1.807, 2.05) is 30.3 Å². The van der Waals surface area contributed by atoms with E-state index in [9.17, 15) is 14.4 Å². The average molecular weight is 395 g/mol. The van der Waals surface area contributed by atoms with Crippen LogP contribution in [0.3, 0.4) is 0 Å². The van der Waals surface area contributed by atoms with Gasteiger partial charge in [0.15, 0.2) is 5.17 Å². The number of carbonyl (C=O) groups is 3. The molecule has 1 unspecified atom stereocenters. The fraction of sp³-hybridized carbons (Fsp3) is 0.444. The van der Waals surface area contributed by atoms with E-state index in [0.29, 0.717) is 0 Å². The van der Waals surface area contributed by atoms with Gasteiger partial charge in [0.05, 0.1) is 0 Å². The molecule has 27 heavy (non-hydrogen) atoms. The summed E-state index contributed by atoms with van der Waals surface area (Å²) in [7, 11) is 0. The number of nitrogens with one attached hydrogen (secondary N) is 2. The minimum atomic E-state index is -0.877. The van der Waals surface area contributed by atoms with Gasteiger partial charge in [-0.15, -0.1) is 0 Å². The van der Waals surface area contributed by atoms with Crippen molar-refractivity contribution >= 4 is 35.0 Å². The van der Waals surface area contributed by atoms with Gasteiger partial charge in [0.25, 0.3) is 0 Å². The first-order valence-electron chi connectivity index (χ1n) is 8.24. The van der Waals surface area contributed by atoms with Crippen molar-refractivity contribution in [1.82, 2.24) is 10.6 Å². The van der Waals surface area contributed by atoms with Crippen molar-refractivity contribution < 1.29 is 23.9 Å². The molecule has 0 bridgehead atoms. The van der Waals surface area contributed by atoms with Crippen molar-refractivity contribution in [3.8, 4) is 0 Å². The first kappa shape index (κ1) is 22.5. The second-order valence-corrected chi connectivity index (χ2v) is 7.31. The molecule has 2 N–H and O–H groups in total. The Morgan fingerprint density at radius 2 is 1.81 bits per heavy atom. The Hall–Kier alpha value is -2.55. The highest BCUT2D eigenvalue weighted by atomic mass is 32.2. The maximum absolute atomic E-state index is 12.1. The van der Waals surface area contributed by atoms with Crippen molar-refractivity contribution in [2.45, 2.75) is 45.9 Å². The van der Waals surface area contributed by atoms with Crippen molar-refractivity contribution in [2.24, 2.45) is 4.99 Å². The topological polar surface area (TPSA) is 106 Å². The lowest BCUT2D eigenvalue weighted by Crippen LogP contribution is -2.47. The molecule has 3 amide bonds. The third-order valence-electron chi connectivity index (χ3n) is 2.95. The number of ether oxygens (including phenoxy) is 2. The normalized spacial score (nSPS) is 12.7. The standard InChI is InChI=1S/C18H25N3O5S/c1-12(19-17(24)26-18(2,3)4)14(22)20-15(27-5)21-16(23)25-11-13-9-7-6-8-10-13/h6-10,12H,11H2,1-5H3,(H,19,24)(H,20,21,22,23). The molecule has 9 heteroatoms. The molecule has 0 heterocycles. The number of amides is 3. The van der Waals surface area contributed by atoms with Crippen LogP contribution in [0.15, 0.2) is 35.3 Å². The highest BCUT2D eigenvalue weighted by Gasteiger charge is 2.22. The first-order valence-corrected chi connectivity index (χ1v) is 9.47. The van der Waals surface area contributed by atoms with Gasteiger partial charge in [-0.05, 0) is 39.5 Å². The number of alkyl carbamates (subject to hydrolysis) is 1. The molecular formula is C18H25N3O5S. The Balaban J connectivity index is 2.54. The molecule has 0 aliphatic carbocycles. The third-order valence-corrected chi connectivity index (χ3v) is 3.53. The van der Waals surface area contributed by atoms with E-state index >= 15 is 0 Å². The van der Waals surface area contributed by atoms with Crippen LogP contribution >= 0.6 is 11.8 Å². The molecule has 0 aromatic heterocycles. The summed E-state index contributed by atoms with van der Waals surface area (Å²) in [5, 5.41) is 4.94. The molecule has 8 nitrogen and oxygen atoms in total.